The lowest BCUT2D eigenvalue weighted by atomic mass is 10.1. The number of carbonyl (C=O) groups is 2. The van der Waals surface area contributed by atoms with Crippen molar-refractivity contribution >= 4 is 12.0 Å². The molecule has 3 atom stereocenters. The molecule has 1 aliphatic rings. The van der Waals surface area contributed by atoms with Crippen LogP contribution >= 0.6 is 0 Å². The number of carboxylic acid groups (broad SMARTS) is 1. The summed E-state index contributed by atoms with van der Waals surface area (Å²) >= 11 is 0. The maximum Gasteiger partial charge on any atom is 0.317 e. The van der Waals surface area contributed by atoms with Gasteiger partial charge in [0.2, 0.25) is 0 Å². The van der Waals surface area contributed by atoms with E-state index < -0.39 is 5.97 Å². The van der Waals surface area contributed by atoms with Gasteiger partial charge in [0.1, 0.15) is 12.2 Å². The molecule has 0 saturated carbocycles. The van der Waals surface area contributed by atoms with Gasteiger partial charge in [-0.15, -0.1) is 0 Å². The zero-order valence-electron chi connectivity index (χ0n) is 12.3. The van der Waals surface area contributed by atoms with Crippen molar-refractivity contribution in [3.8, 4) is 0 Å². The number of amides is 2. The molecule has 0 radical (unpaired) electrons. The number of nitrogens with zero attached hydrogens (tertiary/aromatic N) is 1. The number of hydrogen-bond donors (Lipinski definition) is 2. The van der Waals surface area contributed by atoms with Crippen LogP contribution in [-0.4, -0.2) is 68.1 Å². The molecule has 116 valence electrons. The first-order chi connectivity index (χ1) is 9.49. The van der Waals surface area contributed by atoms with Crippen molar-refractivity contribution in [3.05, 3.63) is 0 Å². The molecule has 2 amide bonds. The normalized spacial score (nSPS) is 23.6. The molecule has 0 aliphatic carbocycles. The zero-order valence-corrected chi connectivity index (χ0v) is 12.3. The van der Waals surface area contributed by atoms with Gasteiger partial charge in [0.25, 0.3) is 0 Å². The third-order valence-corrected chi connectivity index (χ3v) is 3.62. The van der Waals surface area contributed by atoms with E-state index in [4.69, 9.17) is 14.6 Å². The summed E-state index contributed by atoms with van der Waals surface area (Å²) in [5.74, 6) is -1.18. The van der Waals surface area contributed by atoms with Gasteiger partial charge in [0.15, 0.2) is 0 Å². The molecule has 0 aromatic carbocycles. The van der Waals surface area contributed by atoms with Gasteiger partial charge in [-0.3, -0.25) is 4.79 Å². The van der Waals surface area contributed by atoms with Gasteiger partial charge in [-0.05, 0) is 12.8 Å². The number of nitrogens with one attached hydrogen (secondary N) is 1. The summed E-state index contributed by atoms with van der Waals surface area (Å²) in [6.07, 6.45) is 1.00. The lowest BCUT2D eigenvalue weighted by Crippen LogP contribution is -2.39. The fourth-order valence-electron chi connectivity index (χ4n) is 2.20. The monoisotopic (exact) mass is 288 g/mol. The highest BCUT2D eigenvalue weighted by molar-refractivity contribution is 5.74. The molecule has 20 heavy (non-hydrogen) atoms. The Bertz CT molecular complexity index is 325. The fourth-order valence-corrected chi connectivity index (χ4v) is 2.20. The van der Waals surface area contributed by atoms with Gasteiger partial charge in [-0.25, -0.2) is 4.79 Å². The summed E-state index contributed by atoms with van der Waals surface area (Å²) in [6, 6.07) is -0.158. The minimum atomic E-state index is -0.804. The number of ether oxygens (including phenoxy) is 2. The molecule has 7 heteroatoms. The van der Waals surface area contributed by atoms with Gasteiger partial charge < -0.3 is 24.8 Å². The summed E-state index contributed by atoms with van der Waals surface area (Å²) in [7, 11) is 3.21. The van der Waals surface area contributed by atoms with E-state index in [9.17, 15) is 9.59 Å². The Labute approximate surface area is 119 Å². The third-order valence-electron chi connectivity index (χ3n) is 3.62. The van der Waals surface area contributed by atoms with E-state index in [1.54, 1.807) is 26.0 Å². The van der Waals surface area contributed by atoms with E-state index in [0.717, 1.165) is 0 Å². The topological polar surface area (TPSA) is 88.1 Å². The highest BCUT2D eigenvalue weighted by Crippen LogP contribution is 2.15. The number of carbonyl (C=O) groups excluding carboxylic acids is 1. The SMILES string of the molecule is COC1CN(C(=O)NCCCC(C)C(=O)O)CC1OC. The van der Waals surface area contributed by atoms with Crippen LogP contribution in [0.4, 0.5) is 4.79 Å². The van der Waals surface area contributed by atoms with Crippen LogP contribution < -0.4 is 5.32 Å². The Morgan fingerprint density at radius 3 is 2.30 bits per heavy atom. The quantitative estimate of drug-likeness (QED) is 0.668. The van der Waals surface area contributed by atoms with E-state index in [1.165, 1.54) is 0 Å². The number of methoxy groups -OCH3 is 2. The average molecular weight is 288 g/mol. The first-order valence-electron chi connectivity index (χ1n) is 6.80. The fraction of sp³-hybridized carbons (Fsp3) is 0.846. The van der Waals surface area contributed by atoms with Crippen molar-refractivity contribution in [2.45, 2.75) is 32.0 Å². The molecular weight excluding hydrogens is 264 g/mol. The number of urea groups is 1. The second-order valence-corrected chi connectivity index (χ2v) is 5.07. The Balaban J connectivity index is 2.25. The highest BCUT2D eigenvalue weighted by atomic mass is 16.5. The summed E-state index contributed by atoms with van der Waals surface area (Å²) in [5.41, 5.74) is 0. The molecule has 0 spiro atoms. The van der Waals surface area contributed by atoms with Crippen molar-refractivity contribution in [1.82, 2.24) is 10.2 Å². The predicted octanol–water partition coefficient (Wildman–Crippen LogP) is 0.543. The lowest BCUT2D eigenvalue weighted by Gasteiger charge is -2.16. The third kappa shape index (κ3) is 4.64. The molecule has 1 fully saturated rings. The standard InChI is InChI=1S/C13H24N2O5/c1-9(12(16)17)5-4-6-14-13(18)15-7-10(19-2)11(8-15)20-3/h9-11H,4-8H2,1-3H3,(H,14,18)(H,16,17). The molecule has 7 nitrogen and oxygen atoms in total. The Morgan fingerprint density at radius 2 is 1.85 bits per heavy atom. The molecule has 0 aromatic rings. The largest absolute Gasteiger partial charge is 0.481 e. The molecule has 1 aliphatic heterocycles. The Hall–Kier alpha value is -1.34. The summed E-state index contributed by atoms with van der Waals surface area (Å²) in [4.78, 5) is 24.2. The zero-order chi connectivity index (χ0) is 15.1. The molecule has 1 rings (SSSR count). The van der Waals surface area contributed by atoms with Crippen LogP contribution in [0.5, 0.6) is 0 Å². The smallest absolute Gasteiger partial charge is 0.317 e. The van der Waals surface area contributed by atoms with Crippen LogP contribution in [-0.2, 0) is 14.3 Å². The number of likely N-dealkylation sites (tertiary alicyclic amines) is 1. The van der Waals surface area contributed by atoms with Gasteiger partial charge >= 0.3 is 12.0 Å². The first-order valence-corrected chi connectivity index (χ1v) is 6.80. The van der Waals surface area contributed by atoms with Crippen LogP contribution in [0, 0.1) is 5.92 Å². The second kappa shape index (κ2) is 8.06. The van der Waals surface area contributed by atoms with Gasteiger partial charge in [0.05, 0.1) is 19.0 Å². The number of hydrogen-bond acceptors (Lipinski definition) is 4. The van der Waals surface area contributed by atoms with Crippen LogP contribution in [0.2, 0.25) is 0 Å². The van der Waals surface area contributed by atoms with E-state index in [1.807, 2.05) is 0 Å². The van der Waals surface area contributed by atoms with Gasteiger partial charge in [-0.1, -0.05) is 6.92 Å². The van der Waals surface area contributed by atoms with Crippen LogP contribution in [0.3, 0.4) is 0 Å². The van der Waals surface area contributed by atoms with Crippen LogP contribution in [0.1, 0.15) is 19.8 Å². The second-order valence-electron chi connectivity index (χ2n) is 5.07. The first kappa shape index (κ1) is 16.7. The average Bonchev–Trinajstić information content (AvgIpc) is 2.86. The minimum absolute atomic E-state index is 0.0993. The van der Waals surface area contributed by atoms with Crippen molar-refractivity contribution < 1.29 is 24.2 Å². The van der Waals surface area contributed by atoms with Crippen molar-refractivity contribution in [3.63, 3.8) is 0 Å². The molecule has 1 saturated heterocycles. The minimum Gasteiger partial charge on any atom is -0.481 e. The summed E-state index contributed by atoms with van der Waals surface area (Å²) < 4.78 is 10.5. The van der Waals surface area contributed by atoms with E-state index in [0.29, 0.717) is 32.5 Å². The number of aliphatic carboxylic acids is 1. The van der Waals surface area contributed by atoms with Gasteiger partial charge in [-0.2, -0.15) is 0 Å². The molecule has 0 bridgehead atoms. The predicted molar refractivity (Wildman–Crippen MR) is 72.6 cm³/mol. The van der Waals surface area contributed by atoms with Gasteiger partial charge in [0, 0.05) is 20.8 Å². The van der Waals surface area contributed by atoms with E-state index >= 15 is 0 Å². The number of carboxylic acids is 1. The highest BCUT2D eigenvalue weighted by Gasteiger charge is 2.35. The summed E-state index contributed by atoms with van der Waals surface area (Å²) in [5, 5.41) is 11.5. The number of rotatable bonds is 7. The summed E-state index contributed by atoms with van der Waals surface area (Å²) in [6.45, 7) is 3.15. The van der Waals surface area contributed by atoms with Crippen LogP contribution in [0.25, 0.3) is 0 Å². The van der Waals surface area contributed by atoms with Crippen molar-refractivity contribution in [2.75, 3.05) is 33.9 Å². The van der Waals surface area contributed by atoms with Crippen LogP contribution in [0.15, 0.2) is 0 Å². The lowest BCUT2D eigenvalue weighted by molar-refractivity contribution is -0.141. The molecule has 3 unspecified atom stereocenters. The van der Waals surface area contributed by atoms with Crippen molar-refractivity contribution in [1.29, 1.82) is 0 Å². The van der Waals surface area contributed by atoms with E-state index in [2.05, 4.69) is 5.32 Å². The molecule has 2 N–H and O–H groups in total. The molecule has 0 aromatic heterocycles. The van der Waals surface area contributed by atoms with E-state index in [-0.39, 0.29) is 24.2 Å². The maximum absolute atomic E-state index is 11.9. The van der Waals surface area contributed by atoms with Crippen molar-refractivity contribution in [2.24, 2.45) is 5.92 Å². The molecule has 1 heterocycles. The molecular formula is C13H24N2O5. The Kier molecular flexibility index (Phi) is 6.74. The maximum atomic E-state index is 11.9. The Morgan fingerprint density at radius 1 is 1.30 bits per heavy atom.